The number of nitrogens with zero attached hydrogens (tertiary/aromatic N) is 3. The van der Waals surface area contributed by atoms with E-state index in [0.29, 0.717) is 18.8 Å². The first-order chi connectivity index (χ1) is 13.7. The quantitative estimate of drug-likeness (QED) is 0.493. The van der Waals surface area contributed by atoms with E-state index < -0.39 is 0 Å². The molecular formula is C20H32N4O3S. The highest BCUT2D eigenvalue weighted by Gasteiger charge is 2.21. The number of carbonyl (C=O) groups excluding carboxylic acids is 1. The Labute approximate surface area is 171 Å². The maximum atomic E-state index is 12.7. The first kappa shape index (κ1) is 21.3. The van der Waals surface area contributed by atoms with Crippen molar-refractivity contribution in [3.8, 4) is 0 Å². The summed E-state index contributed by atoms with van der Waals surface area (Å²) in [5.74, 6) is 0.327. The number of nitrogens with one attached hydrogen (secondary N) is 1. The fourth-order valence-corrected chi connectivity index (χ4v) is 4.73. The predicted octanol–water partition coefficient (Wildman–Crippen LogP) is 1.46. The van der Waals surface area contributed by atoms with Gasteiger partial charge in [-0.3, -0.25) is 14.3 Å². The van der Waals surface area contributed by atoms with Crippen LogP contribution in [0.15, 0.2) is 9.82 Å². The van der Waals surface area contributed by atoms with Gasteiger partial charge in [-0.1, -0.05) is 18.7 Å². The van der Waals surface area contributed by atoms with Crippen molar-refractivity contribution >= 4 is 17.7 Å². The van der Waals surface area contributed by atoms with Gasteiger partial charge in [0, 0.05) is 44.0 Å². The van der Waals surface area contributed by atoms with Gasteiger partial charge in [-0.15, -0.1) is 0 Å². The molecule has 1 fully saturated rings. The molecule has 1 aromatic heterocycles. The number of amides is 1. The normalized spacial score (nSPS) is 17.3. The van der Waals surface area contributed by atoms with Crippen molar-refractivity contribution in [1.82, 2.24) is 19.8 Å². The predicted molar refractivity (Wildman–Crippen MR) is 111 cm³/mol. The Balaban J connectivity index is 1.66. The fraction of sp³-hybridized carbons (Fsp3) is 0.750. The van der Waals surface area contributed by atoms with Crippen molar-refractivity contribution in [1.29, 1.82) is 0 Å². The molecule has 0 unspecified atom stereocenters. The molecule has 1 aliphatic heterocycles. The number of rotatable bonds is 9. The Morgan fingerprint density at radius 2 is 2.00 bits per heavy atom. The van der Waals surface area contributed by atoms with Crippen LogP contribution in [0.5, 0.6) is 0 Å². The maximum absolute atomic E-state index is 12.7. The summed E-state index contributed by atoms with van der Waals surface area (Å²) in [6.45, 7) is 7.97. The number of fused-ring (bicyclic) bond motifs is 1. The molecule has 0 atom stereocenters. The van der Waals surface area contributed by atoms with Crippen LogP contribution in [0.4, 0.5) is 0 Å². The number of morpholine rings is 1. The van der Waals surface area contributed by atoms with E-state index >= 15 is 0 Å². The van der Waals surface area contributed by atoms with E-state index in [1.54, 1.807) is 0 Å². The van der Waals surface area contributed by atoms with Crippen molar-refractivity contribution in [3.05, 3.63) is 21.7 Å². The summed E-state index contributed by atoms with van der Waals surface area (Å²) in [4.78, 5) is 31.4. The molecule has 3 rings (SSSR count). The van der Waals surface area contributed by atoms with Crippen LogP contribution in [0.2, 0.25) is 0 Å². The van der Waals surface area contributed by atoms with E-state index in [9.17, 15) is 9.59 Å². The molecule has 0 saturated carbocycles. The molecule has 1 saturated heterocycles. The average molecular weight is 409 g/mol. The van der Waals surface area contributed by atoms with E-state index in [-0.39, 0.29) is 11.6 Å². The Bertz CT molecular complexity index is 716. The highest BCUT2D eigenvalue weighted by Crippen LogP contribution is 2.28. The summed E-state index contributed by atoms with van der Waals surface area (Å²) >= 11 is 1.40. The number of thioether (sulfide) groups is 1. The van der Waals surface area contributed by atoms with Gasteiger partial charge in [-0.2, -0.15) is 4.98 Å². The summed E-state index contributed by atoms with van der Waals surface area (Å²) in [7, 11) is 0. The fourth-order valence-electron chi connectivity index (χ4n) is 3.82. The molecular weight excluding hydrogens is 376 g/mol. The lowest BCUT2D eigenvalue weighted by Crippen LogP contribution is -2.38. The topological polar surface area (TPSA) is 76.5 Å². The van der Waals surface area contributed by atoms with Gasteiger partial charge < -0.3 is 10.1 Å². The zero-order valence-corrected chi connectivity index (χ0v) is 17.7. The Morgan fingerprint density at radius 3 is 2.79 bits per heavy atom. The molecule has 1 amide bonds. The van der Waals surface area contributed by atoms with E-state index in [4.69, 9.17) is 4.74 Å². The lowest BCUT2D eigenvalue weighted by molar-refractivity contribution is -0.118. The minimum absolute atomic E-state index is 0.00731. The van der Waals surface area contributed by atoms with Crippen LogP contribution in [0.1, 0.15) is 43.9 Å². The molecule has 0 bridgehead atoms. The third-order valence-corrected chi connectivity index (χ3v) is 6.34. The van der Waals surface area contributed by atoms with Crippen LogP contribution >= 0.6 is 11.8 Å². The first-order valence-electron chi connectivity index (χ1n) is 10.5. The van der Waals surface area contributed by atoms with Crippen molar-refractivity contribution in [2.75, 3.05) is 45.1 Å². The van der Waals surface area contributed by atoms with E-state index in [0.717, 1.165) is 82.1 Å². The van der Waals surface area contributed by atoms with Crippen molar-refractivity contribution in [2.24, 2.45) is 0 Å². The van der Waals surface area contributed by atoms with Gasteiger partial charge in [0.2, 0.25) is 5.91 Å². The summed E-state index contributed by atoms with van der Waals surface area (Å²) < 4.78 is 7.28. The second kappa shape index (κ2) is 11.0. The smallest absolute Gasteiger partial charge is 0.348 e. The molecule has 1 aromatic rings. The van der Waals surface area contributed by atoms with Crippen LogP contribution in [0, 0.1) is 0 Å². The van der Waals surface area contributed by atoms with Crippen LogP contribution < -0.4 is 11.0 Å². The Kier molecular flexibility index (Phi) is 8.36. The van der Waals surface area contributed by atoms with Gasteiger partial charge in [-0.25, -0.2) is 4.79 Å². The number of ether oxygens (including phenoxy) is 1. The Hall–Kier alpha value is -1.38. The molecule has 28 heavy (non-hydrogen) atoms. The number of aromatic nitrogens is 2. The van der Waals surface area contributed by atoms with Crippen molar-refractivity contribution in [3.63, 3.8) is 0 Å². The van der Waals surface area contributed by atoms with Gasteiger partial charge in [-0.05, 0) is 38.5 Å². The van der Waals surface area contributed by atoms with Crippen LogP contribution in [-0.2, 0) is 28.9 Å². The van der Waals surface area contributed by atoms with E-state index in [2.05, 4.69) is 15.2 Å². The summed E-state index contributed by atoms with van der Waals surface area (Å²) in [5, 5.41) is 3.64. The third-order valence-electron chi connectivity index (χ3n) is 5.32. The second-order valence-electron chi connectivity index (χ2n) is 7.43. The van der Waals surface area contributed by atoms with Gasteiger partial charge >= 0.3 is 5.69 Å². The standard InChI is InChI=1S/C20H32N4O3S/c1-2-8-21-18(25)15-28-19-16-6-3-4-7-17(16)24(20(26)22-19)10-5-9-23-11-13-27-14-12-23/h2-15H2,1H3,(H,21,25). The molecule has 1 N–H and O–H groups in total. The zero-order valence-electron chi connectivity index (χ0n) is 16.9. The average Bonchev–Trinajstić information content (AvgIpc) is 2.73. The summed E-state index contributed by atoms with van der Waals surface area (Å²) in [6, 6.07) is 0. The van der Waals surface area contributed by atoms with Crippen molar-refractivity contribution in [2.45, 2.75) is 57.0 Å². The monoisotopic (exact) mass is 408 g/mol. The zero-order chi connectivity index (χ0) is 19.8. The molecule has 0 spiro atoms. The molecule has 1 aliphatic carbocycles. The molecule has 156 valence electrons. The lowest BCUT2D eigenvalue weighted by Gasteiger charge is -2.27. The summed E-state index contributed by atoms with van der Waals surface area (Å²) in [6.07, 6.45) is 5.98. The summed E-state index contributed by atoms with van der Waals surface area (Å²) in [5.41, 5.74) is 2.16. The first-order valence-corrected chi connectivity index (χ1v) is 11.5. The molecule has 2 heterocycles. The van der Waals surface area contributed by atoms with Crippen LogP contribution in [0.3, 0.4) is 0 Å². The van der Waals surface area contributed by atoms with Gasteiger partial charge in [0.05, 0.1) is 19.0 Å². The van der Waals surface area contributed by atoms with Crippen molar-refractivity contribution < 1.29 is 9.53 Å². The Morgan fingerprint density at radius 1 is 1.21 bits per heavy atom. The van der Waals surface area contributed by atoms with E-state index in [1.807, 2.05) is 11.5 Å². The number of hydrogen-bond donors (Lipinski definition) is 1. The molecule has 0 aromatic carbocycles. The second-order valence-corrected chi connectivity index (χ2v) is 8.39. The highest BCUT2D eigenvalue weighted by molar-refractivity contribution is 7.99. The largest absolute Gasteiger partial charge is 0.379 e. The van der Waals surface area contributed by atoms with Gasteiger partial charge in [0.25, 0.3) is 0 Å². The molecule has 8 heteroatoms. The third kappa shape index (κ3) is 5.81. The number of carbonyl (C=O) groups is 1. The minimum atomic E-state index is -0.168. The van der Waals surface area contributed by atoms with Gasteiger partial charge in [0.15, 0.2) is 0 Å². The van der Waals surface area contributed by atoms with Crippen LogP contribution in [0.25, 0.3) is 0 Å². The lowest BCUT2D eigenvalue weighted by atomic mass is 9.97. The van der Waals surface area contributed by atoms with E-state index in [1.165, 1.54) is 17.3 Å². The minimum Gasteiger partial charge on any atom is -0.379 e. The van der Waals surface area contributed by atoms with Gasteiger partial charge in [0.1, 0.15) is 5.03 Å². The SMILES string of the molecule is CCCNC(=O)CSc1nc(=O)n(CCCN2CCOCC2)c2c1CCCC2. The highest BCUT2D eigenvalue weighted by atomic mass is 32.2. The number of hydrogen-bond acceptors (Lipinski definition) is 6. The van der Waals surface area contributed by atoms with Crippen LogP contribution in [-0.4, -0.2) is 65.5 Å². The molecule has 0 radical (unpaired) electrons. The maximum Gasteiger partial charge on any atom is 0.348 e. The molecule has 2 aliphatic rings. The molecule has 7 nitrogen and oxygen atoms in total.